The molecule has 0 saturated heterocycles. The summed E-state index contributed by atoms with van der Waals surface area (Å²) in [4.78, 5) is 37.3. The van der Waals surface area contributed by atoms with Crippen LogP contribution >= 0.6 is 0 Å². The largest absolute Gasteiger partial charge is 0.490 e. The number of hydrogen-bond donors (Lipinski definition) is 7. The Morgan fingerprint density at radius 3 is 2.02 bits per heavy atom. The third-order valence-corrected chi connectivity index (χ3v) is 6.73. The summed E-state index contributed by atoms with van der Waals surface area (Å²) in [5.41, 5.74) is 3.32. The lowest BCUT2D eigenvalue weighted by Crippen LogP contribution is -2.21. The number of alkyl halides is 9. The number of carbonyl (C=O) groups excluding carboxylic acids is 1. The van der Waals surface area contributed by atoms with Crippen LogP contribution in [0.25, 0.3) is 16.5 Å². The van der Waals surface area contributed by atoms with Crippen molar-refractivity contribution < 1.29 is 64.1 Å². The molecule has 0 bridgehead atoms. The van der Waals surface area contributed by atoms with Crippen molar-refractivity contribution in [2.24, 2.45) is 0 Å². The van der Waals surface area contributed by atoms with Crippen LogP contribution in [0.15, 0.2) is 67.0 Å². The van der Waals surface area contributed by atoms with Crippen LogP contribution in [0, 0.1) is 0 Å². The van der Waals surface area contributed by atoms with Crippen molar-refractivity contribution in [2.45, 2.75) is 24.9 Å². The number of aromatic nitrogens is 2. The Balaban J connectivity index is 0.000000424. The van der Waals surface area contributed by atoms with Crippen molar-refractivity contribution in [2.75, 3.05) is 30.8 Å². The molecule has 1 aliphatic heterocycles. The molecule has 0 unspecified atom stereocenters. The lowest BCUT2D eigenvalue weighted by atomic mass is 9.99. The molecule has 20 heteroatoms. The second-order valence-electron chi connectivity index (χ2n) is 10.2. The van der Waals surface area contributed by atoms with Crippen LogP contribution < -0.4 is 21.3 Å². The Hall–Kier alpha value is -5.79. The van der Waals surface area contributed by atoms with Crippen LogP contribution in [-0.2, 0) is 15.8 Å². The first-order valence-corrected chi connectivity index (χ1v) is 14.3. The normalized spacial score (nSPS) is 13.1. The summed E-state index contributed by atoms with van der Waals surface area (Å²) >= 11 is 0. The van der Waals surface area contributed by atoms with Gasteiger partial charge in [0.2, 0.25) is 0 Å². The van der Waals surface area contributed by atoms with Crippen molar-refractivity contribution in [3.63, 3.8) is 0 Å². The van der Waals surface area contributed by atoms with Crippen LogP contribution in [0.4, 0.5) is 62.4 Å². The number of para-hydroxylation sites is 1. The highest BCUT2D eigenvalue weighted by molar-refractivity contribution is 6.00. The van der Waals surface area contributed by atoms with E-state index >= 15 is 0 Å². The van der Waals surface area contributed by atoms with E-state index in [2.05, 4.69) is 37.3 Å². The predicted octanol–water partition coefficient (Wildman–Crippen LogP) is 7.07. The van der Waals surface area contributed by atoms with E-state index in [-0.39, 0.29) is 22.8 Å². The number of aromatic amines is 1. The van der Waals surface area contributed by atoms with E-state index in [0.717, 1.165) is 42.2 Å². The second kappa shape index (κ2) is 16.3. The molecule has 0 radical (unpaired) electrons. The van der Waals surface area contributed by atoms with Gasteiger partial charge >= 0.3 is 30.5 Å². The SMILES string of the molecule is CNC(=O)c1ccccc1Nc1cc(Nc2ccc3[nH]cc(C4=CCNCC4)c3c2)ncc1C(F)(F)F.O=C(O)C(F)(F)F.O=C(O)C(F)(F)F. The van der Waals surface area contributed by atoms with Gasteiger partial charge in [-0.1, -0.05) is 18.2 Å². The number of benzene rings is 2. The number of aliphatic carboxylic acids is 2. The zero-order valence-electron chi connectivity index (χ0n) is 25.9. The number of pyridine rings is 1. The Kier molecular flexibility index (Phi) is 12.7. The molecule has 5 rings (SSSR count). The highest BCUT2D eigenvalue weighted by Crippen LogP contribution is 2.38. The molecular weight excluding hydrogens is 707 g/mol. The first-order valence-electron chi connectivity index (χ1n) is 14.3. The fraction of sp³-hybridized carbons (Fsp3) is 0.226. The van der Waals surface area contributed by atoms with Gasteiger partial charge in [0.25, 0.3) is 5.91 Å². The molecule has 7 N–H and O–H groups in total. The molecule has 1 aliphatic rings. The van der Waals surface area contributed by atoms with E-state index in [1.54, 1.807) is 18.2 Å². The molecule has 51 heavy (non-hydrogen) atoms. The van der Waals surface area contributed by atoms with Crippen LogP contribution in [0.5, 0.6) is 0 Å². The van der Waals surface area contributed by atoms with Gasteiger partial charge < -0.3 is 36.5 Å². The molecule has 0 fully saturated rings. The molecular formula is C31H27F9N6O5. The van der Waals surface area contributed by atoms with Crippen LogP contribution in [0.3, 0.4) is 0 Å². The second-order valence-corrected chi connectivity index (χ2v) is 10.2. The molecule has 2 aromatic heterocycles. The monoisotopic (exact) mass is 734 g/mol. The molecule has 0 spiro atoms. The topological polar surface area (TPSA) is 168 Å². The Morgan fingerprint density at radius 1 is 0.843 bits per heavy atom. The number of amides is 1. The quantitative estimate of drug-likeness (QED) is 0.103. The number of anilines is 4. The van der Waals surface area contributed by atoms with Gasteiger partial charge in [0, 0.05) is 54.2 Å². The first kappa shape index (κ1) is 39.6. The van der Waals surface area contributed by atoms with Crippen molar-refractivity contribution in [3.8, 4) is 0 Å². The molecule has 0 aliphatic carbocycles. The lowest BCUT2D eigenvalue weighted by Gasteiger charge is -2.18. The van der Waals surface area contributed by atoms with Crippen LogP contribution in [-0.4, -0.2) is 70.5 Å². The molecule has 0 saturated carbocycles. The standard InChI is InChI=1S/C27H25F3N6O.2C2HF3O2/c1-31-26(37)18-4-2-3-5-23(18)36-24-13-25(34-15-21(24)27(28,29)30)35-17-6-7-22-19(12-17)20(14-33-22)16-8-10-32-11-9-16;2*3-2(4,5)1(6)7/h2-8,12-15,32-33H,9-11H2,1H3,(H,31,37)(H2,34,35,36);2*(H,6,7). The Labute approximate surface area is 281 Å². The lowest BCUT2D eigenvalue weighted by molar-refractivity contribution is -0.193. The zero-order chi connectivity index (χ0) is 38.1. The predicted molar refractivity (Wildman–Crippen MR) is 167 cm³/mol. The van der Waals surface area contributed by atoms with Crippen LogP contribution in [0.1, 0.15) is 27.9 Å². The number of rotatable bonds is 6. The molecule has 11 nitrogen and oxygen atoms in total. The van der Waals surface area contributed by atoms with E-state index in [4.69, 9.17) is 19.8 Å². The van der Waals surface area contributed by atoms with Gasteiger partial charge in [-0.15, -0.1) is 0 Å². The summed E-state index contributed by atoms with van der Waals surface area (Å²) in [5, 5.41) is 27.0. The van der Waals surface area contributed by atoms with E-state index < -0.39 is 41.9 Å². The van der Waals surface area contributed by atoms with Gasteiger partial charge in [-0.05, 0) is 48.9 Å². The molecule has 2 aromatic carbocycles. The fourth-order valence-electron chi connectivity index (χ4n) is 4.40. The number of carbonyl (C=O) groups is 3. The van der Waals surface area contributed by atoms with Gasteiger partial charge in [0.05, 0.1) is 22.5 Å². The molecule has 4 aromatic rings. The number of hydrogen-bond acceptors (Lipinski definition) is 7. The van der Waals surface area contributed by atoms with Gasteiger partial charge in [-0.2, -0.15) is 39.5 Å². The maximum Gasteiger partial charge on any atom is 0.490 e. The van der Waals surface area contributed by atoms with Crippen molar-refractivity contribution in [1.82, 2.24) is 20.6 Å². The number of nitrogens with zero attached hydrogens (tertiary/aromatic N) is 1. The summed E-state index contributed by atoms with van der Waals surface area (Å²) in [6.45, 7) is 1.72. The molecule has 274 valence electrons. The average Bonchev–Trinajstić information content (AvgIpc) is 3.48. The van der Waals surface area contributed by atoms with Crippen molar-refractivity contribution in [3.05, 3.63) is 83.7 Å². The van der Waals surface area contributed by atoms with Crippen LogP contribution in [0.2, 0.25) is 0 Å². The fourth-order valence-corrected chi connectivity index (χ4v) is 4.40. The molecule has 3 heterocycles. The van der Waals surface area contributed by atoms with Gasteiger partial charge in [0.1, 0.15) is 5.82 Å². The number of nitrogens with one attached hydrogen (secondary N) is 5. The number of carboxylic acid groups (broad SMARTS) is 2. The smallest absolute Gasteiger partial charge is 0.475 e. The van der Waals surface area contributed by atoms with E-state index in [1.165, 1.54) is 24.8 Å². The Bertz CT molecular complexity index is 1880. The van der Waals surface area contributed by atoms with Gasteiger partial charge in [-0.3, -0.25) is 4.79 Å². The number of H-pyrrole nitrogens is 1. The summed E-state index contributed by atoms with van der Waals surface area (Å²) in [6.07, 6.45) is -8.96. The highest BCUT2D eigenvalue weighted by Gasteiger charge is 2.39. The maximum absolute atomic E-state index is 13.8. The van der Waals surface area contributed by atoms with Gasteiger partial charge in [-0.25, -0.2) is 14.6 Å². The minimum Gasteiger partial charge on any atom is -0.475 e. The Morgan fingerprint density at radius 2 is 1.47 bits per heavy atom. The number of fused-ring (bicyclic) bond motifs is 1. The average molecular weight is 735 g/mol. The maximum atomic E-state index is 13.8. The van der Waals surface area contributed by atoms with E-state index in [1.807, 2.05) is 24.4 Å². The van der Waals surface area contributed by atoms with Crippen molar-refractivity contribution in [1.29, 1.82) is 0 Å². The third kappa shape index (κ3) is 11.1. The minimum atomic E-state index is -5.08. The third-order valence-electron chi connectivity index (χ3n) is 6.73. The zero-order valence-corrected chi connectivity index (χ0v) is 25.9. The van der Waals surface area contributed by atoms with Crippen molar-refractivity contribution >= 4 is 57.2 Å². The van der Waals surface area contributed by atoms with E-state index in [0.29, 0.717) is 5.69 Å². The molecule has 1 amide bonds. The first-order chi connectivity index (χ1) is 23.7. The number of carboxylic acids is 2. The summed E-state index contributed by atoms with van der Waals surface area (Å²) in [7, 11) is 1.46. The minimum absolute atomic E-state index is 0.218. The summed E-state index contributed by atoms with van der Waals surface area (Å²) in [5.74, 6) is -5.70. The summed E-state index contributed by atoms with van der Waals surface area (Å²) < 4.78 is 105. The van der Waals surface area contributed by atoms with E-state index in [9.17, 15) is 44.3 Å². The van der Waals surface area contributed by atoms with Gasteiger partial charge in [0.15, 0.2) is 0 Å². The molecule has 0 atom stereocenters. The summed E-state index contributed by atoms with van der Waals surface area (Å²) in [6, 6.07) is 13.4. The number of halogens is 9. The highest BCUT2D eigenvalue weighted by atomic mass is 19.4.